The molecule has 2 unspecified atom stereocenters. The van der Waals surface area contributed by atoms with Gasteiger partial charge >= 0.3 is 5.97 Å². The van der Waals surface area contributed by atoms with E-state index in [0.717, 1.165) is 9.18 Å². The molecule has 0 aliphatic carbocycles. The largest absolute Gasteiger partial charge is 0.480 e. The van der Waals surface area contributed by atoms with Crippen molar-refractivity contribution in [1.82, 2.24) is 4.31 Å². The van der Waals surface area contributed by atoms with Gasteiger partial charge in [0, 0.05) is 11.4 Å². The lowest BCUT2D eigenvalue weighted by molar-refractivity contribution is -0.142. The molecular formula is C12H14N2O4S2. The highest BCUT2D eigenvalue weighted by Gasteiger charge is 2.43. The van der Waals surface area contributed by atoms with Gasteiger partial charge in [0.1, 0.15) is 6.04 Å². The number of hydrogen-bond acceptors (Lipinski definition) is 5. The minimum Gasteiger partial charge on any atom is -0.480 e. The highest BCUT2D eigenvalue weighted by Crippen LogP contribution is 2.36. The summed E-state index contributed by atoms with van der Waals surface area (Å²) in [5.74, 6) is -1.21. The quantitative estimate of drug-likeness (QED) is 0.905. The zero-order valence-electron chi connectivity index (χ0n) is 10.8. The van der Waals surface area contributed by atoms with Crippen LogP contribution in [-0.2, 0) is 21.2 Å². The number of thiophene rings is 1. The normalized spacial score (nSPS) is 20.9. The average molecular weight is 314 g/mol. The van der Waals surface area contributed by atoms with Crippen molar-refractivity contribution in [3.05, 3.63) is 21.9 Å². The maximum absolute atomic E-state index is 12.4. The van der Waals surface area contributed by atoms with Crippen LogP contribution in [0.25, 0.3) is 0 Å². The lowest BCUT2D eigenvalue weighted by atomic mass is 10.0. The second kappa shape index (κ2) is 5.52. The van der Waals surface area contributed by atoms with Crippen LogP contribution in [0.3, 0.4) is 0 Å². The molecule has 0 aromatic carbocycles. The first kappa shape index (κ1) is 15.0. The van der Waals surface area contributed by atoms with E-state index in [1.165, 1.54) is 11.3 Å². The fourth-order valence-electron chi connectivity index (χ4n) is 2.36. The van der Waals surface area contributed by atoms with Gasteiger partial charge in [-0.15, -0.1) is 11.3 Å². The lowest BCUT2D eigenvalue weighted by Gasteiger charge is -2.33. The molecule has 1 aromatic rings. The van der Waals surface area contributed by atoms with Crippen molar-refractivity contribution in [3.63, 3.8) is 0 Å². The third kappa shape index (κ3) is 2.32. The molecule has 2 atom stereocenters. The van der Waals surface area contributed by atoms with E-state index >= 15 is 0 Å². The second-order valence-corrected chi connectivity index (χ2v) is 7.54. The Hall–Kier alpha value is -1.43. The summed E-state index contributed by atoms with van der Waals surface area (Å²) in [6.45, 7) is 1.70. The summed E-state index contributed by atoms with van der Waals surface area (Å²) in [4.78, 5) is 12.4. The molecule has 0 spiro atoms. The number of nitrogens with zero attached hydrogens (tertiary/aromatic N) is 2. The van der Waals surface area contributed by atoms with E-state index in [1.54, 1.807) is 24.4 Å². The van der Waals surface area contributed by atoms with Crippen LogP contribution >= 0.6 is 11.3 Å². The molecule has 2 heterocycles. The maximum atomic E-state index is 12.4. The van der Waals surface area contributed by atoms with Crippen LogP contribution in [-0.4, -0.2) is 35.6 Å². The summed E-state index contributed by atoms with van der Waals surface area (Å²) in [7, 11) is -3.94. The van der Waals surface area contributed by atoms with E-state index in [4.69, 9.17) is 5.26 Å². The summed E-state index contributed by atoms with van der Waals surface area (Å²) >= 11 is 1.43. The number of aliphatic carboxylic acids is 1. The Balaban J connectivity index is 2.48. The number of hydrogen-bond donors (Lipinski definition) is 1. The van der Waals surface area contributed by atoms with Crippen molar-refractivity contribution < 1.29 is 18.3 Å². The highest BCUT2D eigenvalue weighted by molar-refractivity contribution is 7.90. The van der Waals surface area contributed by atoms with Gasteiger partial charge in [0.2, 0.25) is 10.0 Å². The molecular weight excluding hydrogens is 300 g/mol. The van der Waals surface area contributed by atoms with Gasteiger partial charge in [-0.2, -0.15) is 9.57 Å². The van der Waals surface area contributed by atoms with Crippen molar-refractivity contribution in [2.75, 3.05) is 6.54 Å². The molecule has 1 aliphatic heterocycles. The van der Waals surface area contributed by atoms with Crippen LogP contribution in [0.5, 0.6) is 0 Å². The number of carboxylic acids is 1. The van der Waals surface area contributed by atoms with Gasteiger partial charge in [-0.25, -0.2) is 8.42 Å². The second-order valence-electron chi connectivity index (χ2n) is 4.47. The predicted octanol–water partition coefficient (Wildman–Crippen LogP) is 1.36. The smallest absolute Gasteiger partial charge is 0.326 e. The summed E-state index contributed by atoms with van der Waals surface area (Å²) in [5, 5.41) is 18.9. The van der Waals surface area contributed by atoms with Crippen molar-refractivity contribution in [2.45, 2.75) is 31.1 Å². The Morgan fingerprint density at radius 3 is 2.95 bits per heavy atom. The van der Waals surface area contributed by atoms with Gasteiger partial charge < -0.3 is 5.11 Å². The average Bonchev–Trinajstić information content (AvgIpc) is 2.86. The van der Waals surface area contributed by atoms with Gasteiger partial charge in [-0.3, -0.25) is 4.79 Å². The lowest BCUT2D eigenvalue weighted by Crippen LogP contribution is -2.46. The molecule has 0 bridgehead atoms. The Labute approximate surface area is 121 Å². The van der Waals surface area contributed by atoms with Gasteiger partial charge in [0.15, 0.2) is 5.25 Å². The van der Waals surface area contributed by atoms with Crippen molar-refractivity contribution in [1.29, 1.82) is 5.26 Å². The van der Waals surface area contributed by atoms with Crippen molar-refractivity contribution >= 4 is 27.3 Å². The van der Waals surface area contributed by atoms with Crippen molar-refractivity contribution in [3.8, 4) is 6.07 Å². The molecule has 1 N–H and O–H groups in total. The molecule has 0 saturated heterocycles. The summed E-state index contributed by atoms with van der Waals surface area (Å²) in [6, 6.07) is 2.17. The topological polar surface area (TPSA) is 98.5 Å². The molecule has 108 valence electrons. The third-order valence-corrected chi connectivity index (χ3v) is 6.56. The minimum atomic E-state index is -3.94. The summed E-state index contributed by atoms with van der Waals surface area (Å²) in [5.41, 5.74) is 0.519. The first-order chi connectivity index (χ1) is 9.43. The van der Waals surface area contributed by atoms with Gasteiger partial charge in [0.05, 0.1) is 6.07 Å². The van der Waals surface area contributed by atoms with Crippen LogP contribution in [0, 0.1) is 11.3 Å². The molecule has 2 rings (SSSR count). The Morgan fingerprint density at radius 2 is 2.40 bits per heavy atom. The van der Waals surface area contributed by atoms with E-state index in [-0.39, 0.29) is 13.0 Å². The first-order valence-corrected chi connectivity index (χ1v) is 8.51. The number of nitriles is 1. The van der Waals surface area contributed by atoms with Crippen LogP contribution in [0.4, 0.5) is 0 Å². The maximum Gasteiger partial charge on any atom is 0.326 e. The fraction of sp³-hybridized carbons (Fsp3) is 0.500. The minimum absolute atomic E-state index is 0.102. The molecule has 1 aliphatic rings. The van der Waals surface area contributed by atoms with E-state index in [0.29, 0.717) is 12.0 Å². The number of rotatable bonds is 4. The molecule has 0 fully saturated rings. The zero-order chi connectivity index (χ0) is 14.9. The Kier molecular flexibility index (Phi) is 4.13. The first-order valence-electron chi connectivity index (χ1n) is 6.12. The molecule has 0 radical (unpaired) electrons. The fourth-order valence-corrected chi connectivity index (χ4v) is 4.98. The number of carboxylic acid groups (broad SMARTS) is 1. The zero-order valence-corrected chi connectivity index (χ0v) is 12.4. The molecule has 0 amide bonds. The number of sulfonamides is 1. The van der Waals surface area contributed by atoms with E-state index in [9.17, 15) is 18.3 Å². The number of carbonyl (C=O) groups is 1. The SMILES string of the molecule is CCC(C#N)S(=O)(=O)N1CCc2sccc2C1C(=O)O. The summed E-state index contributed by atoms with van der Waals surface area (Å²) < 4.78 is 25.8. The highest BCUT2D eigenvalue weighted by atomic mass is 32.2. The molecule has 20 heavy (non-hydrogen) atoms. The van der Waals surface area contributed by atoms with E-state index in [1.807, 2.05) is 0 Å². The predicted molar refractivity (Wildman–Crippen MR) is 73.7 cm³/mol. The monoisotopic (exact) mass is 314 g/mol. The molecule has 8 heteroatoms. The van der Waals surface area contributed by atoms with Crippen LogP contribution in [0.15, 0.2) is 11.4 Å². The summed E-state index contributed by atoms with van der Waals surface area (Å²) in [6.07, 6.45) is 0.621. The van der Waals surface area contributed by atoms with Gasteiger partial charge in [0.25, 0.3) is 0 Å². The standard InChI is InChI=1S/C12H14N2O4S2/c1-2-8(7-13)20(17,18)14-5-3-10-9(4-6-19-10)11(14)12(15)16/h4,6,8,11H,2-3,5H2,1H3,(H,15,16). The Bertz CT molecular complexity index is 659. The van der Waals surface area contributed by atoms with Crippen LogP contribution in [0.2, 0.25) is 0 Å². The van der Waals surface area contributed by atoms with Gasteiger partial charge in [-0.05, 0) is 29.9 Å². The molecule has 0 saturated carbocycles. The molecule has 6 nitrogen and oxygen atoms in total. The van der Waals surface area contributed by atoms with Crippen LogP contribution < -0.4 is 0 Å². The van der Waals surface area contributed by atoms with Crippen LogP contribution in [0.1, 0.15) is 29.8 Å². The van der Waals surface area contributed by atoms with E-state index in [2.05, 4.69) is 0 Å². The van der Waals surface area contributed by atoms with Crippen molar-refractivity contribution in [2.24, 2.45) is 0 Å². The third-order valence-electron chi connectivity index (χ3n) is 3.36. The van der Waals surface area contributed by atoms with E-state index < -0.39 is 27.3 Å². The van der Waals surface area contributed by atoms with Gasteiger partial charge in [-0.1, -0.05) is 6.92 Å². The Morgan fingerprint density at radius 1 is 1.70 bits per heavy atom. The number of fused-ring (bicyclic) bond motifs is 1. The molecule has 1 aromatic heterocycles.